The van der Waals surface area contributed by atoms with E-state index in [2.05, 4.69) is 4.98 Å². The van der Waals surface area contributed by atoms with E-state index >= 15 is 0 Å². The van der Waals surface area contributed by atoms with Crippen LogP contribution in [-0.4, -0.2) is 27.9 Å². The van der Waals surface area contributed by atoms with Gasteiger partial charge >= 0.3 is 0 Å². The molecule has 2 aliphatic rings. The fourth-order valence-corrected chi connectivity index (χ4v) is 2.68. The predicted octanol–water partition coefficient (Wildman–Crippen LogP) is 1.23. The maximum atomic E-state index is 12.1. The number of amides is 1. The van der Waals surface area contributed by atoms with E-state index in [4.69, 9.17) is 5.73 Å². The van der Waals surface area contributed by atoms with Crippen molar-refractivity contribution in [3.8, 4) is 0 Å². The SMILES string of the molecule is NC1CCC(=O)N(C2CC2)C1c1cccnc1. The molecule has 1 aliphatic carbocycles. The third-order valence-corrected chi connectivity index (χ3v) is 3.65. The number of piperidine rings is 1. The Hall–Kier alpha value is -1.42. The average molecular weight is 231 g/mol. The van der Waals surface area contributed by atoms with E-state index < -0.39 is 0 Å². The minimum atomic E-state index is 0.0254. The van der Waals surface area contributed by atoms with Gasteiger partial charge < -0.3 is 10.6 Å². The second-order valence-electron chi connectivity index (χ2n) is 4.97. The Morgan fingerprint density at radius 1 is 1.35 bits per heavy atom. The lowest BCUT2D eigenvalue weighted by Crippen LogP contribution is -2.49. The second-order valence-corrected chi connectivity index (χ2v) is 4.97. The van der Waals surface area contributed by atoms with Crippen LogP contribution in [0.25, 0.3) is 0 Å². The molecule has 2 heterocycles. The highest BCUT2D eigenvalue weighted by molar-refractivity contribution is 5.78. The number of carbonyl (C=O) groups excluding carboxylic acids is 1. The lowest BCUT2D eigenvalue weighted by Gasteiger charge is -2.40. The first-order valence-corrected chi connectivity index (χ1v) is 6.24. The number of nitrogens with two attached hydrogens (primary N) is 1. The number of hydrogen-bond acceptors (Lipinski definition) is 3. The van der Waals surface area contributed by atoms with Gasteiger partial charge in [0.2, 0.25) is 5.91 Å². The van der Waals surface area contributed by atoms with Crippen LogP contribution in [0.1, 0.15) is 37.3 Å². The highest BCUT2D eigenvalue weighted by Crippen LogP contribution is 2.39. The summed E-state index contributed by atoms with van der Waals surface area (Å²) in [4.78, 5) is 18.2. The third-order valence-electron chi connectivity index (χ3n) is 3.65. The van der Waals surface area contributed by atoms with Crippen LogP contribution in [0.2, 0.25) is 0 Å². The van der Waals surface area contributed by atoms with Gasteiger partial charge in [-0.1, -0.05) is 6.07 Å². The van der Waals surface area contributed by atoms with Gasteiger partial charge in [0.15, 0.2) is 0 Å². The molecule has 1 aliphatic heterocycles. The van der Waals surface area contributed by atoms with Crippen LogP contribution in [0.3, 0.4) is 0 Å². The molecule has 2 N–H and O–H groups in total. The van der Waals surface area contributed by atoms with Crippen molar-refractivity contribution in [1.82, 2.24) is 9.88 Å². The van der Waals surface area contributed by atoms with E-state index in [-0.39, 0.29) is 18.0 Å². The summed E-state index contributed by atoms with van der Waals surface area (Å²) in [5.41, 5.74) is 7.28. The number of likely N-dealkylation sites (tertiary alicyclic amines) is 1. The van der Waals surface area contributed by atoms with Crippen molar-refractivity contribution in [2.45, 2.75) is 43.8 Å². The van der Waals surface area contributed by atoms with Gasteiger partial charge in [0.1, 0.15) is 0 Å². The Morgan fingerprint density at radius 3 is 2.82 bits per heavy atom. The van der Waals surface area contributed by atoms with Crippen LogP contribution in [0.5, 0.6) is 0 Å². The molecule has 1 saturated heterocycles. The predicted molar refractivity (Wildman–Crippen MR) is 64.1 cm³/mol. The largest absolute Gasteiger partial charge is 0.331 e. The monoisotopic (exact) mass is 231 g/mol. The van der Waals surface area contributed by atoms with Gasteiger partial charge in [-0.2, -0.15) is 0 Å². The minimum absolute atomic E-state index is 0.0254. The van der Waals surface area contributed by atoms with Crippen LogP contribution in [-0.2, 0) is 4.79 Å². The first-order chi connectivity index (χ1) is 8.27. The van der Waals surface area contributed by atoms with E-state index in [0.717, 1.165) is 24.8 Å². The zero-order valence-corrected chi connectivity index (χ0v) is 9.75. The molecule has 1 amide bonds. The van der Waals surface area contributed by atoms with Crippen LogP contribution in [0.15, 0.2) is 24.5 Å². The number of aromatic nitrogens is 1. The summed E-state index contributed by atoms with van der Waals surface area (Å²) in [6.45, 7) is 0. The number of hydrogen-bond donors (Lipinski definition) is 1. The molecule has 0 bridgehead atoms. The second kappa shape index (κ2) is 4.11. The molecule has 0 spiro atoms. The first-order valence-electron chi connectivity index (χ1n) is 6.24. The fraction of sp³-hybridized carbons (Fsp3) is 0.538. The summed E-state index contributed by atoms with van der Waals surface area (Å²) in [7, 11) is 0. The number of carbonyl (C=O) groups is 1. The Kier molecular flexibility index (Phi) is 2.59. The molecule has 2 unspecified atom stereocenters. The van der Waals surface area contributed by atoms with E-state index in [1.54, 1.807) is 6.20 Å². The molecule has 2 fully saturated rings. The summed E-state index contributed by atoms with van der Waals surface area (Å²) in [5.74, 6) is 0.253. The quantitative estimate of drug-likeness (QED) is 0.833. The van der Waals surface area contributed by atoms with Crippen molar-refractivity contribution in [2.75, 3.05) is 0 Å². The van der Waals surface area contributed by atoms with Gasteiger partial charge in [0.05, 0.1) is 6.04 Å². The zero-order valence-electron chi connectivity index (χ0n) is 9.75. The van der Waals surface area contributed by atoms with Gasteiger partial charge in [-0.25, -0.2) is 0 Å². The third kappa shape index (κ3) is 1.93. The molecule has 1 aromatic heterocycles. The molecule has 4 heteroatoms. The van der Waals surface area contributed by atoms with Gasteiger partial charge in [-0.3, -0.25) is 9.78 Å². The Balaban J connectivity index is 1.94. The van der Waals surface area contributed by atoms with Gasteiger partial charge in [-0.15, -0.1) is 0 Å². The Bertz CT molecular complexity index is 416. The lowest BCUT2D eigenvalue weighted by atomic mass is 9.91. The van der Waals surface area contributed by atoms with Crippen LogP contribution >= 0.6 is 0 Å². The van der Waals surface area contributed by atoms with Crippen LogP contribution in [0, 0.1) is 0 Å². The normalized spacial score (nSPS) is 29.5. The number of rotatable bonds is 2. The molecular weight excluding hydrogens is 214 g/mol. The molecular formula is C13H17N3O. The standard InChI is InChI=1S/C13H17N3O/c14-11-5-6-12(17)16(10-3-4-10)13(11)9-2-1-7-15-8-9/h1-2,7-8,10-11,13H,3-6,14H2. The molecule has 1 saturated carbocycles. The van der Waals surface area contributed by atoms with Crippen molar-refractivity contribution in [3.63, 3.8) is 0 Å². The molecule has 3 rings (SSSR count). The van der Waals surface area contributed by atoms with Crippen LogP contribution in [0.4, 0.5) is 0 Å². The van der Waals surface area contributed by atoms with Crippen molar-refractivity contribution in [3.05, 3.63) is 30.1 Å². The molecule has 0 radical (unpaired) electrons. The van der Waals surface area contributed by atoms with E-state index in [1.165, 1.54) is 0 Å². The Labute approximate surface area is 101 Å². The van der Waals surface area contributed by atoms with Gasteiger partial charge in [-0.05, 0) is 30.9 Å². The maximum absolute atomic E-state index is 12.1. The number of pyridine rings is 1. The van der Waals surface area contributed by atoms with Gasteiger partial charge in [0.25, 0.3) is 0 Å². The molecule has 1 aromatic rings. The van der Waals surface area contributed by atoms with Crippen molar-refractivity contribution >= 4 is 5.91 Å². The van der Waals surface area contributed by atoms with Crippen molar-refractivity contribution in [2.24, 2.45) is 5.73 Å². The molecule has 4 nitrogen and oxygen atoms in total. The summed E-state index contributed by atoms with van der Waals surface area (Å²) in [6, 6.07) is 4.41. The smallest absolute Gasteiger partial charge is 0.223 e. The van der Waals surface area contributed by atoms with Gasteiger partial charge in [0, 0.05) is 30.9 Å². The van der Waals surface area contributed by atoms with E-state index in [0.29, 0.717) is 12.5 Å². The van der Waals surface area contributed by atoms with Crippen molar-refractivity contribution in [1.29, 1.82) is 0 Å². The summed E-state index contributed by atoms with van der Waals surface area (Å²) < 4.78 is 0. The van der Waals surface area contributed by atoms with E-state index in [9.17, 15) is 4.79 Å². The Morgan fingerprint density at radius 2 is 2.18 bits per heavy atom. The maximum Gasteiger partial charge on any atom is 0.223 e. The molecule has 2 atom stereocenters. The molecule has 0 aromatic carbocycles. The fourth-order valence-electron chi connectivity index (χ4n) is 2.68. The first kappa shape index (κ1) is 10.7. The van der Waals surface area contributed by atoms with Crippen molar-refractivity contribution < 1.29 is 4.79 Å². The number of nitrogens with zero attached hydrogens (tertiary/aromatic N) is 2. The highest BCUT2D eigenvalue weighted by atomic mass is 16.2. The van der Waals surface area contributed by atoms with E-state index in [1.807, 2.05) is 23.2 Å². The summed E-state index contributed by atoms with van der Waals surface area (Å²) >= 11 is 0. The minimum Gasteiger partial charge on any atom is -0.331 e. The summed E-state index contributed by atoms with van der Waals surface area (Å²) in [5, 5.41) is 0. The lowest BCUT2D eigenvalue weighted by molar-refractivity contribution is -0.138. The molecule has 90 valence electrons. The van der Waals surface area contributed by atoms with Crippen LogP contribution < -0.4 is 5.73 Å². The topological polar surface area (TPSA) is 59.2 Å². The highest BCUT2D eigenvalue weighted by Gasteiger charge is 2.42. The molecule has 17 heavy (non-hydrogen) atoms. The average Bonchev–Trinajstić information content (AvgIpc) is 3.17. The zero-order chi connectivity index (χ0) is 11.8. The summed E-state index contributed by atoms with van der Waals surface area (Å²) in [6.07, 6.45) is 7.19.